The third kappa shape index (κ3) is 6.73. The van der Waals surface area contributed by atoms with E-state index in [2.05, 4.69) is 86.0 Å². The van der Waals surface area contributed by atoms with Crippen LogP contribution in [-0.4, -0.2) is 8.83 Å². The second kappa shape index (κ2) is 10.7. The first kappa shape index (κ1) is 19.2. The van der Waals surface area contributed by atoms with Crippen LogP contribution >= 0.6 is 11.1 Å². The van der Waals surface area contributed by atoms with E-state index in [1.165, 1.54) is 11.1 Å². The van der Waals surface area contributed by atoms with Gasteiger partial charge in [0.25, 0.3) is 0 Å². The molecule has 0 bridgehead atoms. The van der Waals surface area contributed by atoms with Gasteiger partial charge in [-0.3, -0.25) is 0 Å². The van der Waals surface area contributed by atoms with Crippen molar-refractivity contribution in [3.63, 3.8) is 0 Å². The monoisotopic (exact) mass is 362 g/mol. The van der Waals surface area contributed by atoms with Crippen molar-refractivity contribution >= 4 is 32.1 Å². The summed E-state index contributed by atoms with van der Waals surface area (Å²) in [5.74, 6) is 0. The lowest BCUT2D eigenvalue weighted by Gasteiger charge is -2.03. The van der Waals surface area contributed by atoms with E-state index in [-0.39, 0.29) is 5.54 Å². The van der Waals surface area contributed by atoms with Crippen molar-refractivity contribution in [3.8, 4) is 0 Å². The van der Waals surface area contributed by atoms with Gasteiger partial charge >= 0.3 is 0 Å². The Morgan fingerprint density at radius 3 is 1.72 bits per heavy atom. The SMILES string of the molecule is C=Cc1cccc(CC=CC(C=CCc2cccc(C=C)c2)[Si]Cl)c1. The minimum Gasteiger partial charge on any atom is -0.170 e. The Kier molecular flexibility index (Phi) is 8.24. The average Bonchev–Trinajstić information content (AvgIpc) is 2.67. The fourth-order valence-corrected chi connectivity index (χ4v) is 3.39. The molecule has 0 saturated heterocycles. The van der Waals surface area contributed by atoms with Crippen molar-refractivity contribution in [1.29, 1.82) is 0 Å². The van der Waals surface area contributed by atoms with E-state index in [0.717, 1.165) is 24.0 Å². The Balaban J connectivity index is 1.90. The van der Waals surface area contributed by atoms with Crippen LogP contribution in [0.3, 0.4) is 0 Å². The molecule has 0 nitrogen and oxygen atoms in total. The predicted octanol–water partition coefficient (Wildman–Crippen LogP) is 6.52. The molecule has 0 unspecified atom stereocenters. The molecule has 0 N–H and O–H groups in total. The summed E-state index contributed by atoms with van der Waals surface area (Å²) in [6.45, 7) is 7.63. The van der Waals surface area contributed by atoms with Gasteiger partial charge in [0.2, 0.25) is 0 Å². The summed E-state index contributed by atoms with van der Waals surface area (Å²) in [4.78, 5) is 0. The third-order valence-corrected chi connectivity index (χ3v) is 5.29. The van der Waals surface area contributed by atoms with E-state index in [1.807, 2.05) is 12.2 Å². The number of hydrogen-bond acceptors (Lipinski definition) is 0. The predicted molar refractivity (Wildman–Crippen MR) is 114 cm³/mol. The minimum absolute atomic E-state index is 0.284. The molecule has 2 aromatic carbocycles. The molecule has 0 spiro atoms. The highest BCUT2D eigenvalue weighted by molar-refractivity contribution is 6.95. The summed E-state index contributed by atoms with van der Waals surface area (Å²) in [5.41, 5.74) is 5.17. The summed E-state index contributed by atoms with van der Waals surface area (Å²) < 4.78 is 0. The van der Waals surface area contributed by atoms with E-state index in [1.54, 1.807) is 0 Å². The maximum absolute atomic E-state index is 6.13. The first-order chi connectivity index (χ1) is 12.2. The highest BCUT2D eigenvalue weighted by Crippen LogP contribution is 2.14. The quantitative estimate of drug-likeness (QED) is 0.270. The van der Waals surface area contributed by atoms with Gasteiger partial charge in [0.15, 0.2) is 8.83 Å². The van der Waals surface area contributed by atoms with Crippen molar-refractivity contribution in [2.24, 2.45) is 0 Å². The lowest BCUT2D eigenvalue weighted by atomic mass is 10.1. The van der Waals surface area contributed by atoms with Gasteiger partial charge < -0.3 is 0 Å². The van der Waals surface area contributed by atoms with Crippen molar-refractivity contribution in [3.05, 3.63) is 108 Å². The molecule has 0 aliphatic heterocycles. The number of hydrogen-bond donors (Lipinski definition) is 0. The second-order valence-electron chi connectivity index (χ2n) is 5.80. The first-order valence-corrected chi connectivity index (χ1v) is 10.5. The van der Waals surface area contributed by atoms with Crippen LogP contribution in [0, 0.1) is 0 Å². The molecule has 25 heavy (non-hydrogen) atoms. The molecule has 126 valence electrons. The van der Waals surface area contributed by atoms with Crippen LogP contribution in [0.15, 0.2) is 86.0 Å². The lowest BCUT2D eigenvalue weighted by Crippen LogP contribution is -1.91. The average molecular weight is 363 g/mol. The van der Waals surface area contributed by atoms with Gasteiger partial charge in [-0.2, -0.15) is 11.1 Å². The van der Waals surface area contributed by atoms with E-state index >= 15 is 0 Å². The topological polar surface area (TPSA) is 0 Å². The van der Waals surface area contributed by atoms with Gasteiger partial charge in [-0.25, -0.2) is 0 Å². The van der Waals surface area contributed by atoms with E-state index < -0.39 is 0 Å². The summed E-state index contributed by atoms with van der Waals surface area (Å²) >= 11 is 6.13. The van der Waals surface area contributed by atoms with Gasteiger partial charge in [-0.1, -0.05) is 98.1 Å². The fraction of sp³-hybridized carbons (Fsp3) is 0.130. The normalized spacial score (nSPS) is 12.5. The Morgan fingerprint density at radius 1 is 0.840 bits per heavy atom. The van der Waals surface area contributed by atoms with Gasteiger partial charge in [-0.05, 0) is 35.1 Å². The Bertz CT molecular complexity index is 695. The molecule has 0 atom stereocenters. The molecule has 0 fully saturated rings. The van der Waals surface area contributed by atoms with Crippen LogP contribution < -0.4 is 0 Å². The van der Waals surface area contributed by atoms with Crippen LogP contribution in [0.1, 0.15) is 22.3 Å². The van der Waals surface area contributed by atoms with Gasteiger partial charge in [-0.15, -0.1) is 0 Å². The fourth-order valence-electron chi connectivity index (χ4n) is 2.53. The highest BCUT2D eigenvalue weighted by atomic mass is 35.6. The molecular weight excluding hydrogens is 340 g/mol. The summed E-state index contributed by atoms with van der Waals surface area (Å²) in [6, 6.07) is 16.9. The second-order valence-corrected chi connectivity index (χ2v) is 7.34. The largest absolute Gasteiger partial charge is 0.183 e. The molecule has 2 heteroatoms. The maximum atomic E-state index is 6.13. The molecule has 0 aliphatic rings. The van der Waals surface area contributed by atoms with Gasteiger partial charge in [0.1, 0.15) is 0 Å². The van der Waals surface area contributed by atoms with Crippen LogP contribution in [0.4, 0.5) is 0 Å². The number of allylic oxidation sites excluding steroid dienone is 4. The first-order valence-electron chi connectivity index (χ1n) is 8.37. The molecule has 0 heterocycles. The maximum Gasteiger partial charge on any atom is 0.183 e. The van der Waals surface area contributed by atoms with Gasteiger partial charge in [0, 0.05) is 5.54 Å². The number of halogens is 1. The molecule has 2 aromatic rings. The molecule has 2 rings (SSSR count). The van der Waals surface area contributed by atoms with Crippen LogP contribution in [0.25, 0.3) is 12.2 Å². The molecule has 0 amide bonds. The van der Waals surface area contributed by atoms with Crippen LogP contribution in [0.2, 0.25) is 5.54 Å². The van der Waals surface area contributed by atoms with Crippen LogP contribution in [-0.2, 0) is 12.8 Å². The molecule has 2 radical (unpaired) electrons. The molecule has 0 aromatic heterocycles. The molecule has 0 saturated carbocycles. The minimum atomic E-state index is 0.284. The van der Waals surface area contributed by atoms with Crippen molar-refractivity contribution in [2.75, 3.05) is 0 Å². The molecular formula is C23H23ClSi. The highest BCUT2D eigenvalue weighted by Gasteiger charge is 2.00. The van der Waals surface area contributed by atoms with Crippen molar-refractivity contribution in [1.82, 2.24) is 0 Å². The van der Waals surface area contributed by atoms with E-state index in [4.69, 9.17) is 11.1 Å². The zero-order valence-electron chi connectivity index (χ0n) is 14.4. The van der Waals surface area contributed by atoms with E-state index in [9.17, 15) is 0 Å². The smallest absolute Gasteiger partial charge is 0.170 e. The Hall–Kier alpha value is -2.09. The number of rotatable bonds is 9. The zero-order chi connectivity index (χ0) is 17.9. The third-order valence-electron chi connectivity index (χ3n) is 3.89. The summed E-state index contributed by atoms with van der Waals surface area (Å²) in [7, 11) is 0.346. The van der Waals surface area contributed by atoms with E-state index in [0.29, 0.717) is 8.83 Å². The van der Waals surface area contributed by atoms with Crippen molar-refractivity contribution < 1.29 is 0 Å². The van der Waals surface area contributed by atoms with Crippen molar-refractivity contribution in [2.45, 2.75) is 18.4 Å². The Morgan fingerprint density at radius 2 is 1.32 bits per heavy atom. The lowest BCUT2D eigenvalue weighted by molar-refractivity contribution is 1.21. The standard InChI is InChI=1S/C23H23ClSi/c1-3-19-9-5-11-21(17-19)13-7-15-23(25-24)16-8-14-22-12-6-10-20(4-2)18-22/h3-12,15-18,23H,1-2,13-14H2. The zero-order valence-corrected chi connectivity index (χ0v) is 16.1. The Labute approximate surface area is 158 Å². The summed E-state index contributed by atoms with van der Waals surface area (Å²) in [5, 5.41) is 0. The number of benzene rings is 2. The summed E-state index contributed by atoms with van der Waals surface area (Å²) in [6.07, 6.45) is 14.4. The molecule has 0 aliphatic carbocycles. The van der Waals surface area contributed by atoms with Gasteiger partial charge in [0.05, 0.1) is 0 Å². The van der Waals surface area contributed by atoms with Crippen LogP contribution in [0.5, 0.6) is 0 Å².